The molecule has 0 saturated carbocycles. The van der Waals surface area contributed by atoms with Crippen LogP contribution in [0.1, 0.15) is 30.9 Å². The van der Waals surface area contributed by atoms with Gasteiger partial charge >= 0.3 is 6.18 Å². The van der Waals surface area contributed by atoms with E-state index in [-0.39, 0.29) is 18.6 Å². The maximum absolute atomic E-state index is 12.6. The molecule has 0 bridgehead atoms. The molecule has 0 fully saturated rings. The molecule has 1 unspecified atom stereocenters. The second-order valence-corrected chi connectivity index (χ2v) is 6.45. The Morgan fingerprint density at radius 1 is 1.33 bits per heavy atom. The summed E-state index contributed by atoms with van der Waals surface area (Å²) in [4.78, 5) is 0. The number of hydrogen-bond acceptors (Lipinski definition) is 3. The minimum atomic E-state index is -4.50. The van der Waals surface area contributed by atoms with Crippen LogP contribution in [-0.2, 0) is 22.0 Å². The molecular weight excluding hydrogens is 307 g/mol. The van der Waals surface area contributed by atoms with Crippen LogP contribution in [0.3, 0.4) is 0 Å². The summed E-state index contributed by atoms with van der Waals surface area (Å²) in [5.41, 5.74) is -0.811. The number of rotatable bonds is 7. The molecule has 8 heteroatoms. The molecule has 0 heterocycles. The summed E-state index contributed by atoms with van der Waals surface area (Å²) in [6, 6.07) is 3.81. The minimum Gasteiger partial charge on any atom is -0.396 e. The van der Waals surface area contributed by atoms with Crippen molar-refractivity contribution < 1.29 is 26.7 Å². The third-order valence-corrected chi connectivity index (χ3v) is 4.33. The van der Waals surface area contributed by atoms with Crippen molar-refractivity contribution >= 4 is 10.0 Å². The molecule has 1 atom stereocenters. The van der Waals surface area contributed by atoms with Gasteiger partial charge in [-0.3, -0.25) is 0 Å². The van der Waals surface area contributed by atoms with Gasteiger partial charge in [0.25, 0.3) is 0 Å². The number of alkyl halides is 3. The molecule has 1 aromatic rings. The Bertz CT molecular complexity index is 558. The van der Waals surface area contributed by atoms with Gasteiger partial charge in [0.05, 0.1) is 11.3 Å². The lowest BCUT2D eigenvalue weighted by Crippen LogP contribution is -2.35. The van der Waals surface area contributed by atoms with Crippen molar-refractivity contribution in [1.29, 1.82) is 0 Å². The predicted molar refractivity (Wildman–Crippen MR) is 73.0 cm³/mol. The van der Waals surface area contributed by atoms with Gasteiger partial charge in [0, 0.05) is 12.6 Å². The minimum absolute atomic E-state index is 0.0659. The summed E-state index contributed by atoms with van der Waals surface area (Å²) in [6.07, 6.45) is -3.75. The number of halogens is 3. The zero-order valence-electron chi connectivity index (χ0n) is 11.5. The van der Waals surface area contributed by atoms with Gasteiger partial charge in [-0.2, -0.15) is 13.2 Å². The highest BCUT2D eigenvalue weighted by atomic mass is 32.2. The zero-order chi connectivity index (χ0) is 16.1. The Balaban J connectivity index is 2.84. The van der Waals surface area contributed by atoms with Crippen LogP contribution in [0.2, 0.25) is 0 Å². The van der Waals surface area contributed by atoms with Crippen molar-refractivity contribution in [1.82, 2.24) is 4.72 Å². The molecule has 120 valence electrons. The number of sulfonamides is 1. The molecule has 0 spiro atoms. The fraction of sp³-hybridized carbons (Fsp3) is 0.538. The second kappa shape index (κ2) is 7.24. The molecule has 0 aliphatic carbocycles. The Kier molecular flexibility index (Phi) is 6.18. The third-order valence-electron chi connectivity index (χ3n) is 2.93. The van der Waals surface area contributed by atoms with Crippen molar-refractivity contribution in [2.45, 2.75) is 37.7 Å². The number of hydrogen-bond donors (Lipinski definition) is 2. The van der Waals surface area contributed by atoms with Crippen molar-refractivity contribution in [3.8, 4) is 0 Å². The summed E-state index contributed by atoms with van der Waals surface area (Å²) in [6.45, 7) is 1.59. The first-order valence-electron chi connectivity index (χ1n) is 6.45. The fourth-order valence-electron chi connectivity index (χ4n) is 1.85. The van der Waals surface area contributed by atoms with Gasteiger partial charge in [0.2, 0.25) is 10.0 Å². The molecule has 1 aromatic carbocycles. The summed E-state index contributed by atoms with van der Waals surface area (Å²) in [5, 5.41) is 8.82. The molecule has 0 saturated heterocycles. The summed E-state index contributed by atoms with van der Waals surface area (Å²) >= 11 is 0. The van der Waals surface area contributed by atoms with Gasteiger partial charge in [-0.25, -0.2) is 13.1 Å². The summed E-state index contributed by atoms with van der Waals surface area (Å²) < 4.78 is 64.0. The van der Waals surface area contributed by atoms with Crippen LogP contribution in [0.5, 0.6) is 0 Å². The second-order valence-electron chi connectivity index (χ2n) is 4.69. The van der Waals surface area contributed by atoms with Crippen LogP contribution in [-0.4, -0.2) is 26.2 Å². The smallest absolute Gasteiger partial charge is 0.396 e. The molecule has 0 radical (unpaired) electrons. The van der Waals surface area contributed by atoms with Crippen molar-refractivity contribution in [3.63, 3.8) is 0 Å². The first-order chi connectivity index (χ1) is 9.68. The molecule has 1 rings (SSSR count). The molecule has 0 amide bonds. The lowest BCUT2D eigenvalue weighted by Gasteiger charge is -2.16. The third kappa shape index (κ3) is 6.03. The van der Waals surface area contributed by atoms with E-state index in [2.05, 4.69) is 4.72 Å². The highest BCUT2D eigenvalue weighted by Gasteiger charge is 2.30. The van der Waals surface area contributed by atoms with Gasteiger partial charge < -0.3 is 5.11 Å². The normalized spacial score (nSPS) is 14.1. The van der Waals surface area contributed by atoms with E-state index in [1.54, 1.807) is 6.92 Å². The van der Waals surface area contributed by atoms with Crippen LogP contribution in [0.15, 0.2) is 24.3 Å². The molecule has 4 nitrogen and oxygen atoms in total. The quantitative estimate of drug-likeness (QED) is 0.808. The van der Waals surface area contributed by atoms with Crippen LogP contribution in [0.4, 0.5) is 13.2 Å². The summed E-state index contributed by atoms with van der Waals surface area (Å²) in [7, 11) is -3.76. The molecule has 0 aromatic heterocycles. The molecule has 2 N–H and O–H groups in total. The van der Waals surface area contributed by atoms with Crippen LogP contribution < -0.4 is 4.72 Å². The van der Waals surface area contributed by atoms with Crippen LogP contribution >= 0.6 is 0 Å². The highest BCUT2D eigenvalue weighted by molar-refractivity contribution is 7.88. The van der Waals surface area contributed by atoms with E-state index < -0.39 is 33.6 Å². The Morgan fingerprint density at radius 2 is 2.00 bits per heavy atom. The number of benzene rings is 1. The molecule has 0 aliphatic heterocycles. The maximum atomic E-state index is 12.6. The largest absolute Gasteiger partial charge is 0.416 e. The van der Waals surface area contributed by atoms with Crippen molar-refractivity contribution in [2.75, 3.05) is 6.61 Å². The van der Waals surface area contributed by atoms with E-state index in [4.69, 9.17) is 5.11 Å². The Morgan fingerprint density at radius 3 is 2.52 bits per heavy atom. The fourth-order valence-corrected chi connectivity index (χ4v) is 3.35. The van der Waals surface area contributed by atoms with Crippen LogP contribution in [0.25, 0.3) is 0 Å². The average molecular weight is 325 g/mol. The van der Waals surface area contributed by atoms with E-state index >= 15 is 0 Å². The van der Waals surface area contributed by atoms with E-state index in [1.807, 2.05) is 0 Å². The standard InChI is InChI=1S/C13H18F3NO3S/c1-2-12(6-7-18)17-21(19,20)9-10-4-3-5-11(8-10)13(14,15)16/h3-5,8,12,17-18H,2,6-7,9H2,1H3. The van der Waals surface area contributed by atoms with Gasteiger partial charge in [-0.15, -0.1) is 0 Å². The zero-order valence-corrected chi connectivity index (χ0v) is 12.3. The predicted octanol–water partition coefficient (Wildman–Crippen LogP) is 2.29. The van der Waals surface area contributed by atoms with Gasteiger partial charge in [0.15, 0.2) is 0 Å². The number of aliphatic hydroxyl groups excluding tert-OH is 1. The van der Waals surface area contributed by atoms with Gasteiger partial charge in [-0.05, 0) is 24.5 Å². The van der Waals surface area contributed by atoms with E-state index in [0.29, 0.717) is 6.42 Å². The Hall–Kier alpha value is -1.12. The van der Waals surface area contributed by atoms with Gasteiger partial charge in [-0.1, -0.05) is 25.1 Å². The lowest BCUT2D eigenvalue weighted by molar-refractivity contribution is -0.137. The number of aliphatic hydroxyl groups is 1. The first kappa shape index (κ1) is 17.9. The van der Waals surface area contributed by atoms with E-state index in [0.717, 1.165) is 12.1 Å². The molecule has 21 heavy (non-hydrogen) atoms. The topological polar surface area (TPSA) is 66.4 Å². The van der Waals surface area contributed by atoms with Crippen LogP contribution in [0, 0.1) is 0 Å². The lowest BCUT2D eigenvalue weighted by atomic mass is 10.1. The summed E-state index contributed by atoms with van der Waals surface area (Å²) in [5.74, 6) is -0.529. The van der Waals surface area contributed by atoms with Crippen molar-refractivity contribution in [2.24, 2.45) is 0 Å². The van der Waals surface area contributed by atoms with Crippen molar-refractivity contribution in [3.05, 3.63) is 35.4 Å². The molecule has 0 aliphatic rings. The Labute approximate surface area is 122 Å². The SMILES string of the molecule is CCC(CCO)NS(=O)(=O)Cc1cccc(C(F)(F)F)c1. The number of nitrogens with one attached hydrogen (secondary N) is 1. The van der Waals surface area contributed by atoms with E-state index in [1.165, 1.54) is 12.1 Å². The monoisotopic (exact) mass is 325 g/mol. The average Bonchev–Trinajstić information content (AvgIpc) is 2.36. The first-order valence-corrected chi connectivity index (χ1v) is 8.10. The maximum Gasteiger partial charge on any atom is 0.416 e. The highest BCUT2D eigenvalue weighted by Crippen LogP contribution is 2.29. The molecular formula is C13H18F3NO3S. The van der Waals surface area contributed by atoms with Gasteiger partial charge in [0.1, 0.15) is 0 Å². The van der Waals surface area contributed by atoms with E-state index in [9.17, 15) is 21.6 Å².